The van der Waals surface area contributed by atoms with Crippen molar-refractivity contribution < 1.29 is 19.1 Å². The molecular formula is C34H36N4O4. The first kappa shape index (κ1) is 30.1. The van der Waals surface area contributed by atoms with Crippen LogP contribution in [0.1, 0.15) is 16.7 Å². The quantitative estimate of drug-likeness (QED) is 0.215. The predicted octanol–water partition coefficient (Wildman–Crippen LogP) is 4.91. The number of nitrogens with zero attached hydrogens (tertiary/aromatic N) is 4. The average molecular weight is 565 g/mol. The molecule has 4 rings (SSSR count). The van der Waals surface area contributed by atoms with E-state index in [-0.39, 0.29) is 18.4 Å². The van der Waals surface area contributed by atoms with Crippen LogP contribution in [0.2, 0.25) is 0 Å². The molecule has 42 heavy (non-hydrogen) atoms. The number of carbonyl (C=O) groups is 2. The molecule has 0 unspecified atom stereocenters. The molecule has 0 bridgehead atoms. The maximum Gasteiger partial charge on any atom is 0.247 e. The van der Waals surface area contributed by atoms with Crippen LogP contribution in [0.15, 0.2) is 104 Å². The molecule has 2 aromatic carbocycles. The minimum absolute atomic E-state index is 0.155. The van der Waals surface area contributed by atoms with Crippen LogP contribution in [0.3, 0.4) is 0 Å². The van der Waals surface area contributed by atoms with Crippen molar-refractivity contribution in [3.8, 4) is 17.0 Å². The highest BCUT2D eigenvalue weighted by Crippen LogP contribution is 2.22. The lowest BCUT2D eigenvalue weighted by Crippen LogP contribution is -2.51. The van der Waals surface area contributed by atoms with E-state index in [1.54, 1.807) is 61.8 Å². The van der Waals surface area contributed by atoms with Crippen molar-refractivity contribution in [2.75, 3.05) is 34.4 Å². The molecule has 2 aromatic heterocycles. The van der Waals surface area contributed by atoms with Gasteiger partial charge in [-0.1, -0.05) is 54.6 Å². The lowest BCUT2D eigenvalue weighted by molar-refractivity contribution is -0.143. The van der Waals surface area contributed by atoms with E-state index in [9.17, 15) is 9.59 Å². The largest absolute Gasteiger partial charge is 0.481 e. The van der Waals surface area contributed by atoms with Crippen LogP contribution >= 0.6 is 0 Å². The summed E-state index contributed by atoms with van der Waals surface area (Å²) in [5.41, 5.74) is 4.71. The highest BCUT2D eigenvalue weighted by molar-refractivity contribution is 5.95. The Hall–Kier alpha value is -4.82. The van der Waals surface area contributed by atoms with Gasteiger partial charge in [0.25, 0.3) is 0 Å². The number of methoxy groups -OCH3 is 2. The van der Waals surface area contributed by atoms with E-state index in [0.29, 0.717) is 25.5 Å². The Morgan fingerprint density at radius 1 is 0.881 bits per heavy atom. The number of likely N-dealkylation sites (N-methyl/N-ethyl adjacent to an activating group) is 1. The Morgan fingerprint density at radius 2 is 1.60 bits per heavy atom. The molecule has 0 saturated carbocycles. The molecule has 0 spiro atoms. The third-order valence-corrected chi connectivity index (χ3v) is 6.93. The SMILES string of the molecule is COCCN(C)C(=O)[C@H](Cc1ccccc1)N(Cc1ccc(-c2ccncc2)cc1)C(=O)C=Cc1ccc(OC)nc1. The smallest absolute Gasteiger partial charge is 0.247 e. The molecule has 0 aliphatic rings. The summed E-state index contributed by atoms with van der Waals surface area (Å²) in [6.07, 6.45) is 8.72. The zero-order chi connectivity index (χ0) is 29.7. The van der Waals surface area contributed by atoms with Crippen LogP contribution < -0.4 is 4.74 Å². The minimum Gasteiger partial charge on any atom is -0.481 e. The van der Waals surface area contributed by atoms with Crippen LogP contribution in [-0.4, -0.2) is 72.0 Å². The maximum atomic E-state index is 13.9. The summed E-state index contributed by atoms with van der Waals surface area (Å²) in [6.45, 7) is 1.06. The molecule has 2 amide bonds. The number of aromatic nitrogens is 2. The Kier molecular flexibility index (Phi) is 10.9. The normalized spacial score (nSPS) is 11.7. The van der Waals surface area contributed by atoms with Gasteiger partial charge >= 0.3 is 0 Å². The zero-order valence-corrected chi connectivity index (χ0v) is 24.2. The van der Waals surface area contributed by atoms with E-state index in [2.05, 4.69) is 9.97 Å². The molecule has 0 N–H and O–H groups in total. The van der Waals surface area contributed by atoms with E-state index in [4.69, 9.17) is 9.47 Å². The fourth-order valence-electron chi connectivity index (χ4n) is 4.52. The number of rotatable bonds is 13. The van der Waals surface area contributed by atoms with Crippen molar-refractivity contribution in [3.05, 3.63) is 120 Å². The predicted molar refractivity (Wildman–Crippen MR) is 163 cm³/mol. The Morgan fingerprint density at radius 3 is 2.24 bits per heavy atom. The summed E-state index contributed by atoms with van der Waals surface area (Å²) in [5, 5.41) is 0. The van der Waals surface area contributed by atoms with E-state index >= 15 is 0 Å². The fourth-order valence-corrected chi connectivity index (χ4v) is 4.52. The van der Waals surface area contributed by atoms with E-state index in [1.807, 2.05) is 72.8 Å². The number of carbonyl (C=O) groups excluding carboxylic acids is 2. The first-order valence-electron chi connectivity index (χ1n) is 13.7. The number of benzene rings is 2. The molecule has 216 valence electrons. The topological polar surface area (TPSA) is 84.9 Å². The van der Waals surface area contributed by atoms with Gasteiger partial charge in [-0.25, -0.2) is 4.98 Å². The highest BCUT2D eigenvalue weighted by atomic mass is 16.5. The molecule has 8 nitrogen and oxygen atoms in total. The standard InChI is InChI=1S/C34H36N4O4/c1-37(21-22-41-2)34(40)31(23-26-7-5-4-6-8-26)38(33(39)16-12-27-11-15-32(42-3)36-24-27)25-28-9-13-29(14-10-28)30-17-19-35-20-18-30/h4-20,24,31H,21-23,25H2,1-3H3/t31-/m0/s1. The van der Waals surface area contributed by atoms with Gasteiger partial charge < -0.3 is 19.3 Å². The van der Waals surface area contributed by atoms with Crippen molar-refractivity contribution in [3.63, 3.8) is 0 Å². The van der Waals surface area contributed by atoms with Crippen LogP contribution in [0.25, 0.3) is 17.2 Å². The second kappa shape index (κ2) is 15.3. The molecule has 0 saturated heterocycles. The lowest BCUT2D eigenvalue weighted by Gasteiger charge is -2.33. The summed E-state index contributed by atoms with van der Waals surface area (Å²) >= 11 is 0. The minimum atomic E-state index is -0.736. The van der Waals surface area contributed by atoms with Crippen molar-refractivity contribution in [1.82, 2.24) is 19.8 Å². The number of amides is 2. The zero-order valence-electron chi connectivity index (χ0n) is 24.2. The van der Waals surface area contributed by atoms with Crippen LogP contribution in [0.4, 0.5) is 0 Å². The summed E-state index contributed by atoms with van der Waals surface area (Å²) in [4.78, 5) is 39.4. The van der Waals surface area contributed by atoms with Crippen molar-refractivity contribution in [2.24, 2.45) is 0 Å². The first-order chi connectivity index (χ1) is 20.5. The molecule has 1 atom stereocenters. The fraction of sp³-hybridized carbons (Fsp3) is 0.235. The van der Waals surface area contributed by atoms with Gasteiger partial charge in [-0.15, -0.1) is 0 Å². The number of hydrogen-bond donors (Lipinski definition) is 0. The molecule has 2 heterocycles. The number of pyridine rings is 2. The average Bonchev–Trinajstić information content (AvgIpc) is 3.05. The van der Waals surface area contributed by atoms with Crippen molar-refractivity contribution in [2.45, 2.75) is 19.0 Å². The summed E-state index contributed by atoms with van der Waals surface area (Å²) in [7, 11) is 4.89. The molecule has 8 heteroatoms. The molecule has 0 fully saturated rings. The highest BCUT2D eigenvalue weighted by Gasteiger charge is 2.31. The van der Waals surface area contributed by atoms with Crippen molar-refractivity contribution >= 4 is 17.9 Å². The number of ether oxygens (including phenoxy) is 2. The second-order valence-corrected chi connectivity index (χ2v) is 9.82. The third-order valence-electron chi connectivity index (χ3n) is 6.93. The Labute approximate surface area is 247 Å². The van der Waals surface area contributed by atoms with Gasteiger partial charge in [0.1, 0.15) is 6.04 Å². The summed E-state index contributed by atoms with van der Waals surface area (Å²) in [5.74, 6) is 0.0542. The maximum absolute atomic E-state index is 13.9. The van der Waals surface area contributed by atoms with Crippen molar-refractivity contribution in [1.29, 1.82) is 0 Å². The van der Waals surface area contributed by atoms with E-state index in [1.165, 1.54) is 6.08 Å². The monoisotopic (exact) mass is 564 g/mol. The lowest BCUT2D eigenvalue weighted by atomic mass is 10.0. The third kappa shape index (κ3) is 8.34. The van der Waals surface area contributed by atoms with Crippen LogP contribution in [-0.2, 0) is 27.3 Å². The van der Waals surface area contributed by atoms with Gasteiger partial charge in [-0.3, -0.25) is 14.6 Å². The molecule has 0 aliphatic carbocycles. The Bertz CT molecular complexity index is 1440. The molecule has 0 aliphatic heterocycles. The van der Waals surface area contributed by atoms with Crippen LogP contribution in [0.5, 0.6) is 5.88 Å². The van der Waals surface area contributed by atoms with Gasteiger partial charge in [0.2, 0.25) is 17.7 Å². The van der Waals surface area contributed by atoms with Gasteiger partial charge in [0, 0.05) is 64.4 Å². The number of hydrogen-bond acceptors (Lipinski definition) is 6. The first-order valence-corrected chi connectivity index (χ1v) is 13.7. The van der Waals surface area contributed by atoms with E-state index in [0.717, 1.165) is 27.8 Å². The van der Waals surface area contributed by atoms with Gasteiger partial charge in [-0.05, 0) is 52.1 Å². The van der Waals surface area contributed by atoms with Gasteiger partial charge in [-0.2, -0.15) is 0 Å². The van der Waals surface area contributed by atoms with E-state index < -0.39 is 6.04 Å². The van der Waals surface area contributed by atoms with Crippen LogP contribution in [0, 0.1) is 0 Å². The van der Waals surface area contributed by atoms with Gasteiger partial charge in [0.15, 0.2) is 0 Å². The second-order valence-electron chi connectivity index (χ2n) is 9.82. The van der Waals surface area contributed by atoms with Gasteiger partial charge in [0.05, 0.1) is 13.7 Å². The molecule has 0 radical (unpaired) electrons. The summed E-state index contributed by atoms with van der Waals surface area (Å²) in [6, 6.07) is 24.5. The summed E-state index contributed by atoms with van der Waals surface area (Å²) < 4.78 is 10.3. The molecule has 4 aromatic rings. The molecular weight excluding hydrogens is 528 g/mol. The Balaban J connectivity index is 1.67.